The molecule has 16 heavy (non-hydrogen) atoms. The Bertz CT molecular complexity index is 326. The number of amides is 1. The van der Waals surface area contributed by atoms with Crippen molar-refractivity contribution < 1.29 is 14.7 Å². The minimum atomic E-state index is -1.19. The van der Waals surface area contributed by atoms with Gasteiger partial charge in [-0.15, -0.1) is 12.3 Å². The van der Waals surface area contributed by atoms with Gasteiger partial charge in [-0.1, -0.05) is 13.3 Å². The molecule has 0 aromatic carbocycles. The van der Waals surface area contributed by atoms with Crippen molar-refractivity contribution in [3.8, 4) is 12.3 Å². The Balaban J connectivity index is 2.63. The van der Waals surface area contributed by atoms with Crippen molar-refractivity contribution in [3.63, 3.8) is 0 Å². The molecule has 1 saturated carbocycles. The quantitative estimate of drug-likeness (QED) is 0.543. The van der Waals surface area contributed by atoms with Crippen LogP contribution in [-0.4, -0.2) is 23.0 Å². The molecule has 88 valence electrons. The van der Waals surface area contributed by atoms with Gasteiger partial charge in [0.25, 0.3) is 0 Å². The van der Waals surface area contributed by atoms with Gasteiger partial charge < -0.3 is 10.4 Å². The molecule has 2 N–H and O–H groups in total. The SMILES string of the molecule is C#CCC(CC)NC(=O)C1(C(=O)O)CCC1. The summed E-state index contributed by atoms with van der Waals surface area (Å²) in [6.45, 7) is 1.91. The normalized spacial score (nSPS) is 19.0. The van der Waals surface area contributed by atoms with Crippen LogP contribution in [0.1, 0.15) is 39.0 Å². The molecule has 1 aliphatic carbocycles. The molecule has 0 heterocycles. The van der Waals surface area contributed by atoms with Gasteiger partial charge in [0.05, 0.1) is 0 Å². The summed E-state index contributed by atoms with van der Waals surface area (Å²) in [5.74, 6) is 1.08. The van der Waals surface area contributed by atoms with E-state index in [4.69, 9.17) is 11.5 Å². The molecule has 1 amide bonds. The smallest absolute Gasteiger partial charge is 0.319 e. The minimum absolute atomic E-state index is 0.116. The summed E-state index contributed by atoms with van der Waals surface area (Å²) < 4.78 is 0. The van der Waals surface area contributed by atoms with Crippen molar-refractivity contribution in [2.45, 2.75) is 45.1 Å². The van der Waals surface area contributed by atoms with Gasteiger partial charge in [-0.05, 0) is 19.3 Å². The number of terminal acetylenes is 1. The third-order valence-corrected chi connectivity index (χ3v) is 3.24. The Labute approximate surface area is 95.4 Å². The number of rotatable bonds is 5. The van der Waals surface area contributed by atoms with E-state index >= 15 is 0 Å². The molecular weight excluding hydrogens is 206 g/mol. The molecule has 1 unspecified atom stereocenters. The minimum Gasteiger partial charge on any atom is -0.480 e. The van der Waals surface area contributed by atoms with Crippen molar-refractivity contribution in [2.24, 2.45) is 5.41 Å². The van der Waals surface area contributed by atoms with Crippen LogP contribution in [0.4, 0.5) is 0 Å². The van der Waals surface area contributed by atoms with Crippen molar-refractivity contribution in [2.75, 3.05) is 0 Å². The van der Waals surface area contributed by atoms with Gasteiger partial charge in [0.2, 0.25) is 5.91 Å². The number of hydrogen-bond acceptors (Lipinski definition) is 2. The first-order valence-corrected chi connectivity index (χ1v) is 5.54. The monoisotopic (exact) mass is 223 g/mol. The summed E-state index contributed by atoms with van der Waals surface area (Å²) in [4.78, 5) is 22.9. The van der Waals surface area contributed by atoms with Gasteiger partial charge in [0.1, 0.15) is 5.41 Å². The van der Waals surface area contributed by atoms with Gasteiger partial charge in [-0.2, -0.15) is 0 Å². The van der Waals surface area contributed by atoms with Crippen LogP contribution in [0, 0.1) is 17.8 Å². The van der Waals surface area contributed by atoms with Crippen molar-refractivity contribution >= 4 is 11.9 Å². The molecule has 0 aromatic heterocycles. The molecule has 0 spiro atoms. The van der Waals surface area contributed by atoms with E-state index in [2.05, 4.69) is 11.2 Å². The molecule has 4 heteroatoms. The highest BCUT2D eigenvalue weighted by Gasteiger charge is 2.51. The third-order valence-electron chi connectivity index (χ3n) is 3.24. The summed E-state index contributed by atoms with van der Waals surface area (Å²) in [6, 6.07) is -0.116. The van der Waals surface area contributed by atoms with Crippen LogP contribution in [0.5, 0.6) is 0 Å². The highest BCUT2D eigenvalue weighted by atomic mass is 16.4. The predicted octanol–water partition coefficient (Wildman–Crippen LogP) is 1.16. The third kappa shape index (κ3) is 2.19. The molecule has 0 bridgehead atoms. The van der Waals surface area contributed by atoms with E-state index in [1.807, 2.05) is 6.92 Å². The lowest BCUT2D eigenvalue weighted by molar-refractivity contribution is -0.162. The van der Waals surface area contributed by atoms with E-state index in [0.717, 1.165) is 6.42 Å². The highest BCUT2D eigenvalue weighted by molar-refractivity contribution is 6.02. The topological polar surface area (TPSA) is 66.4 Å². The maximum absolute atomic E-state index is 11.9. The van der Waals surface area contributed by atoms with Crippen LogP contribution in [0.15, 0.2) is 0 Å². The Morgan fingerprint density at radius 1 is 1.56 bits per heavy atom. The van der Waals surface area contributed by atoms with Crippen LogP contribution >= 0.6 is 0 Å². The summed E-state index contributed by atoms with van der Waals surface area (Å²) >= 11 is 0. The van der Waals surface area contributed by atoms with E-state index in [9.17, 15) is 9.59 Å². The van der Waals surface area contributed by atoms with Gasteiger partial charge in [0.15, 0.2) is 0 Å². The summed E-state index contributed by atoms with van der Waals surface area (Å²) in [5.41, 5.74) is -1.19. The summed E-state index contributed by atoms with van der Waals surface area (Å²) in [7, 11) is 0. The Morgan fingerprint density at radius 3 is 2.50 bits per heavy atom. The molecule has 1 atom stereocenters. The molecule has 0 aromatic rings. The van der Waals surface area contributed by atoms with Crippen LogP contribution in [0.2, 0.25) is 0 Å². The van der Waals surface area contributed by atoms with Crippen LogP contribution in [0.25, 0.3) is 0 Å². The maximum atomic E-state index is 11.9. The fourth-order valence-corrected chi connectivity index (χ4v) is 1.83. The zero-order valence-electron chi connectivity index (χ0n) is 9.45. The van der Waals surface area contributed by atoms with Crippen LogP contribution < -0.4 is 5.32 Å². The Hall–Kier alpha value is -1.50. The summed E-state index contributed by atoms with van der Waals surface area (Å²) in [5, 5.41) is 11.8. The van der Waals surface area contributed by atoms with Crippen LogP contribution in [-0.2, 0) is 9.59 Å². The van der Waals surface area contributed by atoms with Crippen molar-refractivity contribution in [1.82, 2.24) is 5.32 Å². The second-order valence-electron chi connectivity index (χ2n) is 4.23. The molecule has 1 rings (SSSR count). The summed E-state index contributed by atoms with van der Waals surface area (Å²) in [6.07, 6.45) is 7.99. The molecule has 1 fully saturated rings. The van der Waals surface area contributed by atoms with Crippen LogP contribution in [0.3, 0.4) is 0 Å². The van der Waals surface area contributed by atoms with E-state index in [-0.39, 0.29) is 11.9 Å². The number of nitrogens with one attached hydrogen (secondary N) is 1. The fourth-order valence-electron chi connectivity index (χ4n) is 1.83. The standard InChI is InChI=1S/C12H17NO3/c1-3-6-9(4-2)13-10(14)12(11(15)16)7-5-8-12/h1,9H,4-8H2,2H3,(H,13,14)(H,15,16). The zero-order valence-corrected chi connectivity index (χ0v) is 9.45. The number of aliphatic carboxylic acids is 1. The first kappa shape index (κ1) is 12.6. The number of carbonyl (C=O) groups excluding carboxylic acids is 1. The average molecular weight is 223 g/mol. The lowest BCUT2D eigenvalue weighted by atomic mass is 9.68. The van der Waals surface area contributed by atoms with Gasteiger partial charge in [-0.3, -0.25) is 9.59 Å². The van der Waals surface area contributed by atoms with Gasteiger partial charge in [0, 0.05) is 12.5 Å². The Kier molecular flexibility index (Phi) is 3.94. The molecule has 0 saturated heterocycles. The largest absolute Gasteiger partial charge is 0.480 e. The molecule has 1 aliphatic rings. The number of carboxylic acid groups (broad SMARTS) is 1. The molecule has 0 radical (unpaired) electrons. The van der Waals surface area contributed by atoms with Crippen molar-refractivity contribution in [1.29, 1.82) is 0 Å². The Morgan fingerprint density at radius 2 is 2.19 bits per heavy atom. The van der Waals surface area contributed by atoms with E-state index in [1.165, 1.54) is 0 Å². The molecular formula is C12H17NO3. The van der Waals surface area contributed by atoms with Crippen molar-refractivity contribution in [3.05, 3.63) is 0 Å². The fraction of sp³-hybridized carbons (Fsp3) is 0.667. The van der Waals surface area contributed by atoms with E-state index < -0.39 is 11.4 Å². The van der Waals surface area contributed by atoms with E-state index in [0.29, 0.717) is 25.7 Å². The predicted molar refractivity (Wildman–Crippen MR) is 59.6 cm³/mol. The lowest BCUT2D eigenvalue weighted by Crippen LogP contribution is -2.53. The van der Waals surface area contributed by atoms with E-state index in [1.54, 1.807) is 0 Å². The first-order valence-electron chi connectivity index (χ1n) is 5.54. The highest BCUT2D eigenvalue weighted by Crippen LogP contribution is 2.41. The zero-order chi connectivity index (χ0) is 12.2. The maximum Gasteiger partial charge on any atom is 0.319 e. The second-order valence-corrected chi connectivity index (χ2v) is 4.23. The number of carboxylic acids is 1. The molecule has 0 aliphatic heterocycles. The molecule has 4 nitrogen and oxygen atoms in total. The van der Waals surface area contributed by atoms with Gasteiger partial charge in [-0.25, -0.2) is 0 Å². The second kappa shape index (κ2) is 5.02. The number of carbonyl (C=O) groups is 2. The first-order chi connectivity index (χ1) is 7.56. The average Bonchev–Trinajstić information content (AvgIpc) is 2.14. The number of hydrogen-bond donors (Lipinski definition) is 2. The van der Waals surface area contributed by atoms with Gasteiger partial charge >= 0.3 is 5.97 Å². The lowest BCUT2D eigenvalue weighted by Gasteiger charge is -2.36.